The third-order valence-corrected chi connectivity index (χ3v) is 5.63. The highest BCUT2D eigenvalue weighted by Crippen LogP contribution is 2.28. The molecule has 21 heavy (non-hydrogen) atoms. The van der Waals surface area contributed by atoms with Gasteiger partial charge in [-0.15, -0.1) is 11.3 Å². The van der Waals surface area contributed by atoms with E-state index in [-0.39, 0.29) is 0 Å². The van der Waals surface area contributed by atoms with Crippen LogP contribution in [0.3, 0.4) is 0 Å². The van der Waals surface area contributed by atoms with E-state index < -0.39 is 10.0 Å². The second-order valence-electron chi connectivity index (χ2n) is 4.58. The van der Waals surface area contributed by atoms with Crippen molar-refractivity contribution in [3.8, 4) is 0 Å². The minimum atomic E-state index is -3.63. The van der Waals surface area contributed by atoms with Gasteiger partial charge in [0.15, 0.2) is 0 Å². The molecule has 0 aliphatic carbocycles. The maximum Gasteiger partial charge on any atom is 0.263 e. The molecule has 2 N–H and O–H groups in total. The fraction of sp³-hybridized carbons (Fsp3) is 0.385. The standard InChI is InChI=1S/C13H18N4O2S2/c1-3-4-14-7-12-13(10(2)8-20-12)21(18,19)17-11-5-15-9-16-6-11/h5-6,8-9,14,17H,3-4,7H2,1-2H3. The van der Waals surface area contributed by atoms with Crippen LogP contribution in [0.4, 0.5) is 5.69 Å². The molecule has 6 nitrogen and oxygen atoms in total. The third kappa shape index (κ3) is 3.99. The molecule has 2 aromatic rings. The lowest BCUT2D eigenvalue weighted by molar-refractivity contribution is 0.598. The largest absolute Gasteiger partial charge is 0.312 e. The van der Waals surface area contributed by atoms with E-state index in [1.54, 1.807) is 6.92 Å². The Morgan fingerprint density at radius 3 is 2.67 bits per heavy atom. The Hall–Kier alpha value is -1.51. The molecule has 0 unspecified atom stereocenters. The van der Waals surface area contributed by atoms with Gasteiger partial charge in [0.1, 0.15) is 11.2 Å². The number of aryl methyl sites for hydroxylation is 1. The van der Waals surface area contributed by atoms with Crippen LogP contribution in [0.2, 0.25) is 0 Å². The minimum Gasteiger partial charge on any atom is -0.312 e. The fourth-order valence-corrected chi connectivity index (χ4v) is 4.72. The summed E-state index contributed by atoms with van der Waals surface area (Å²) in [5.41, 5.74) is 1.10. The van der Waals surface area contributed by atoms with Gasteiger partial charge in [0.25, 0.3) is 10.0 Å². The number of thiophene rings is 1. The van der Waals surface area contributed by atoms with Crippen LogP contribution in [-0.4, -0.2) is 24.9 Å². The van der Waals surface area contributed by atoms with Crippen molar-refractivity contribution in [1.29, 1.82) is 0 Å². The number of hydrogen-bond acceptors (Lipinski definition) is 6. The summed E-state index contributed by atoms with van der Waals surface area (Å²) in [5.74, 6) is 0. The summed E-state index contributed by atoms with van der Waals surface area (Å²) in [7, 11) is -3.63. The summed E-state index contributed by atoms with van der Waals surface area (Å²) in [5, 5.41) is 5.09. The highest BCUT2D eigenvalue weighted by molar-refractivity contribution is 7.93. The Labute approximate surface area is 128 Å². The number of aromatic nitrogens is 2. The Morgan fingerprint density at radius 2 is 2.00 bits per heavy atom. The normalized spacial score (nSPS) is 11.5. The molecule has 114 valence electrons. The van der Waals surface area contributed by atoms with E-state index in [1.165, 1.54) is 30.1 Å². The van der Waals surface area contributed by atoms with Crippen molar-refractivity contribution in [2.75, 3.05) is 11.3 Å². The summed E-state index contributed by atoms with van der Waals surface area (Å²) in [6, 6.07) is 0. The van der Waals surface area contributed by atoms with E-state index in [0.29, 0.717) is 17.1 Å². The van der Waals surface area contributed by atoms with E-state index >= 15 is 0 Å². The minimum absolute atomic E-state index is 0.347. The lowest BCUT2D eigenvalue weighted by atomic mass is 10.3. The van der Waals surface area contributed by atoms with Crippen LogP contribution in [0, 0.1) is 6.92 Å². The summed E-state index contributed by atoms with van der Waals surface area (Å²) < 4.78 is 27.6. The lowest BCUT2D eigenvalue weighted by Gasteiger charge is -2.10. The molecule has 0 saturated heterocycles. The van der Waals surface area contributed by atoms with Gasteiger partial charge in [-0.2, -0.15) is 0 Å². The number of rotatable bonds is 7. The van der Waals surface area contributed by atoms with Crippen LogP contribution in [-0.2, 0) is 16.6 Å². The van der Waals surface area contributed by atoms with E-state index in [0.717, 1.165) is 23.4 Å². The van der Waals surface area contributed by atoms with E-state index in [1.807, 2.05) is 5.38 Å². The molecule has 0 spiro atoms. The predicted molar refractivity (Wildman–Crippen MR) is 83.9 cm³/mol. The smallest absolute Gasteiger partial charge is 0.263 e. The van der Waals surface area contributed by atoms with Gasteiger partial charge < -0.3 is 5.32 Å². The molecule has 0 saturated carbocycles. The van der Waals surface area contributed by atoms with Crippen LogP contribution < -0.4 is 10.0 Å². The molecular weight excluding hydrogens is 308 g/mol. The van der Waals surface area contributed by atoms with Crippen molar-refractivity contribution >= 4 is 27.0 Å². The monoisotopic (exact) mass is 326 g/mol. The zero-order chi connectivity index (χ0) is 15.3. The SMILES string of the molecule is CCCNCc1scc(C)c1S(=O)(=O)Nc1cncnc1. The van der Waals surface area contributed by atoms with Crippen LogP contribution >= 0.6 is 11.3 Å². The summed E-state index contributed by atoms with van der Waals surface area (Å²) in [4.78, 5) is 8.77. The average molecular weight is 326 g/mol. The first-order valence-electron chi connectivity index (χ1n) is 6.60. The molecule has 0 aromatic carbocycles. The molecule has 0 aliphatic rings. The first-order chi connectivity index (χ1) is 10.0. The highest BCUT2D eigenvalue weighted by Gasteiger charge is 2.23. The molecule has 0 atom stereocenters. The molecule has 2 aromatic heterocycles. The first kappa shape index (κ1) is 15.9. The Bertz CT molecular complexity index is 683. The number of anilines is 1. The molecule has 0 amide bonds. The Morgan fingerprint density at radius 1 is 1.29 bits per heavy atom. The van der Waals surface area contributed by atoms with Gasteiger partial charge in [0, 0.05) is 11.4 Å². The molecule has 0 aliphatic heterocycles. The van der Waals surface area contributed by atoms with Gasteiger partial charge in [0.05, 0.1) is 18.1 Å². The van der Waals surface area contributed by atoms with Crippen molar-refractivity contribution in [2.45, 2.75) is 31.7 Å². The second kappa shape index (κ2) is 6.97. The van der Waals surface area contributed by atoms with Gasteiger partial charge in [-0.3, -0.25) is 4.72 Å². The van der Waals surface area contributed by atoms with Gasteiger partial charge in [-0.25, -0.2) is 18.4 Å². The Balaban J connectivity index is 2.25. The van der Waals surface area contributed by atoms with Crippen molar-refractivity contribution in [2.24, 2.45) is 0 Å². The van der Waals surface area contributed by atoms with Crippen LogP contribution in [0.25, 0.3) is 0 Å². The maximum atomic E-state index is 12.5. The summed E-state index contributed by atoms with van der Waals surface area (Å²) in [6.45, 7) is 5.28. The molecule has 8 heteroatoms. The van der Waals surface area contributed by atoms with Crippen molar-refractivity contribution in [3.63, 3.8) is 0 Å². The van der Waals surface area contributed by atoms with E-state index in [4.69, 9.17) is 0 Å². The van der Waals surface area contributed by atoms with E-state index in [9.17, 15) is 8.42 Å². The number of nitrogens with one attached hydrogen (secondary N) is 2. The van der Waals surface area contributed by atoms with Crippen LogP contribution in [0.5, 0.6) is 0 Å². The number of nitrogens with zero attached hydrogens (tertiary/aromatic N) is 2. The molecule has 0 bridgehead atoms. The zero-order valence-corrected chi connectivity index (χ0v) is 13.6. The number of sulfonamides is 1. The quantitative estimate of drug-likeness (QED) is 0.762. The highest BCUT2D eigenvalue weighted by atomic mass is 32.2. The predicted octanol–water partition coefficient (Wildman–Crippen LogP) is 2.15. The van der Waals surface area contributed by atoms with E-state index in [2.05, 4.69) is 26.9 Å². The molecule has 2 heterocycles. The molecule has 0 radical (unpaired) electrons. The topological polar surface area (TPSA) is 84.0 Å². The van der Waals surface area contributed by atoms with Crippen molar-refractivity contribution in [3.05, 3.63) is 34.5 Å². The first-order valence-corrected chi connectivity index (χ1v) is 8.96. The zero-order valence-electron chi connectivity index (χ0n) is 12.0. The molecular formula is C13H18N4O2S2. The Kier molecular flexibility index (Phi) is 5.27. The lowest BCUT2D eigenvalue weighted by Crippen LogP contribution is -2.19. The second-order valence-corrected chi connectivity index (χ2v) is 7.16. The molecule has 0 fully saturated rings. The summed E-state index contributed by atoms with van der Waals surface area (Å²) in [6.07, 6.45) is 5.22. The average Bonchev–Trinajstić information content (AvgIpc) is 2.82. The van der Waals surface area contributed by atoms with Gasteiger partial charge >= 0.3 is 0 Å². The van der Waals surface area contributed by atoms with Crippen molar-refractivity contribution in [1.82, 2.24) is 15.3 Å². The molecule has 2 rings (SSSR count). The van der Waals surface area contributed by atoms with Crippen molar-refractivity contribution < 1.29 is 8.42 Å². The number of hydrogen-bond donors (Lipinski definition) is 2. The fourth-order valence-electron chi connectivity index (χ4n) is 1.91. The van der Waals surface area contributed by atoms with Crippen LogP contribution in [0.15, 0.2) is 29.0 Å². The summed E-state index contributed by atoms with van der Waals surface area (Å²) >= 11 is 1.45. The maximum absolute atomic E-state index is 12.5. The van der Waals surface area contributed by atoms with Crippen LogP contribution in [0.1, 0.15) is 23.8 Å². The third-order valence-electron chi connectivity index (χ3n) is 2.78. The van der Waals surface area contributed by atoms with Gasteiger partial charge in [-0.05, 0) is 30.8 Å². The van der Waals surface area contributed by atoms with Gasteiger partial charge in [0.2, 0.25) is 0 Å². The van der Waals surface area contributed by atoms with Gasteiger partial charge in [-0.1, -0.05) is 6.92 Å².